The molecule has 32 heavy (non-hydrogen) atoms. The quantitative estimate of drug-likeness (QED) is 0.600. The molecule has 2 aromatic carbocycles. The van der Waals surface area contributed by atoms with Crippen LogP contribution in [0.3, 0.4) is 0 Å². The van der Waals surface area contributed by atoms with Crippen LogP contribution >= 0.6 is 0 Å². The maximum atomic E-state index is 13.2. The highest BCUT2D eigenvalue weighted by atomic mass is 32.2. The van der Waals surface area contributed by atoms with Gasteiger partial charge in [0.05, 0.1) is 31.8 Å². The van der Waals surface area contributed by atoms with Gasteiger partial charge in [-0.1, -0.05) is 12.1 Å². The predicted molar refractivity (Wildman–Crippen MR) is 121 cm³/mol. The third kappa shape index (κ3) is 5.23. The molecule has 1 aliphatic rings. The first kappa shape index (κ1) is 24.0. The first-order chi connectivity index (χ1) is 15.3. The Bertz CT molecular complexity index is 1060. The van der Waals surface area contributed by atoms with E-state index in [1.807, 2.05) is 25.1 Å². The summed E-state index contributed by atoms with van der Waals surface area (Å²) >= 11 is 0. The van der Waals surface area contributed by atoms with Crippen LogP contribution in [0.2, 0.25) is 0 Å². The van der Waals surface area contributed by atoms with E-state index in [4.69, 9.17) is 14.2 Å². The number of hydrogen-bond donors (Lipinski definition) is 0. The largest absolute Gasteiger partial charge is 0.493 e. The van der Waals surface area contributed by atoms with Crippen LogP contribution in [-0.2, 0) is 21.3 Å². The Morgan fingerprint density at radius 1 is 1.12 bits per heavy atom. The lowest BCUT2D eigenvalue weighted by Gasteiger charge is -2.26. The molecule has 1 amide bonds. The molecular formula is C23H30N2O6S. The molecule has 2 aromatic rings. The molecule has 0 aliphatic carbocycles. The molecule has 0 atom stereocenters. The zero-order valence-electron chi connectivity index (χ0n) is 19.0. The predicted octanol–water partition coefficient (Wildman–Crippen LogP) is 2.70. The minimum Gasteiger partial charge on any atom is -0.493 e. The maximum Gasteiger partial charge on any atom is 0.254 e. The van der Waals surface area contributed by atoms with E-state index in [0.29, 0.717) is 62.1 Å². The van der Waals surface area contributed by atoms with Crippen LogP contribution in [0.1, 0.15) is 28.4 Å². The van der Waals surface area contributed by atoms with Crippen molar-refractivity contribution < 1.29 is 27.4 Å². The number of aryl methyl sites for hydroxylation is 1. The molecule has 0 bridgehead atoms. The van der Waals surface area contributed by atoms with Crippen molar-refractivity contribution in [1.29, 1.82) is 0 Å². The van der Waals surface area contributed by atoms with Gasteiger partial charge in [0.1, 0.15) is 0 Å². The minimum atomic E-state index is -3.69. The van der Waals surface area contributed by atoms with Gasteiger partial charge in [0, 0.05) is 32.2 Å². The average Bonchev–Trinajstić information content (AvgIpc) is 2.80. The lowest BCUT2D eigenvalue weighted by atomic mass is 10.1. The minimum absolute atomic E-state index is 0.115. The number of benzene rings is 2. The van der Waals surface area contributed by atoms with Crippen LogP contribution in [0.5, 0.6) is 11.5 Å². The van der Waals surface area contributed by atoms with Gasteiger partial charge in [0.2, 0.25) is 10.0 Å². The van der Waals surface area contributed by atoms with E-state index >= 15 is 0 Å². The fourth-order valence-corrected chi connectivity index (χ4v) is 5.00. The number of ether oxygens (including phenoxy) is 3. The van der Waals surface area contributed by atoms with Crippen molar-refractivity contribution in [3.8, 4) is 11.5 Å². The molecule has 1 heterocycles. The molecule has 0 radical (unpaired) electrons. The molecule has 1 saturated heterocycles. The highest BCUT2D eigenvalue weighted by Gasteiger charge is 2.28. The molecular weight excluding hydrogens is 432 g/mol. The number of amides is 1. The lowest BCUT2D eigenvalue weighted by Crippen LogP contribution is -2.40. The molecule has 174 valence electrons. The summed E-state index contributed by atoms with van der Waals surface area (Å²) in [4.78, 5) is 14.9. The number of morpholine rings is 1. The summed E-state index contributed by atoms with van der Waals surface area (Å²) in [5.41, 5.74) is 1.95. The molecule has 0 spiro atoms. The van der Waals surface area contributed by atoms with Gasteiger partial charge in [-0.05, 0) is 49.2 Å². The van der Waals surface area contributed by atoms with Crippen LogP contribution in [0, 0.1) is 6.92 Å². The first-order valence-corrected chi connectivity index (χ1v) is 12.0. The SMILES string of the molecule is CCOc1ccc(CN(C)C(=O)c2cc(S(=O)(=O)N3CCOCC3)ccc2C)cc1OC. The second-order valence-corrected chi connectivity index (χ2v) is 9.51. The van der Waals surface area contributed by atoms with Gasteiger partial charge in [0.15, 0.2) is 11.5 Å². The number of rotatable bonds is 8. The molecule has 0 N–H and O–H groups in total. The Morgan fingerprint density at radius 2 is 1.84 bits per heavy atom. The summed E-state index contributed by atoms with van der Waals surface area (Å²) in [7, 11) is -0.428. The van der Waals surface area contributed by atoms with Crippen molar-refractivity contribution >= 4 is 15.9 Å². The summed E-state index contributed by atoms with van der Waals surface area (Å²) in [6.45, 7) is 5.90. The van der Waals surface area contributed by atoms with E-state index in [9.17, 15) is 13.2 Å². The van der Waals surface area contributed by atoms with Crippen LogP contribution in [-0.4, -0.2) is 70.6 Å². The summed E-state index contributed by atoms with van der Waals surface area (Å²) in [6, 6.07) is 10.2. The smallest absolute Gasteiger partial charge is 0.254 e. The van der Waals surface area contributed by atoms with Crippen LogP contribution < -0.4 is 9.47 Å². The Morgan fingerprint density at radius 3 is 2.50 bits per heavy atom. The summed E-state index contributed by atoms with van der Waals surface area (Å²) < 4.78 is 43.6. The van der Waals surface area contributed by atoms with E-state index in [1.165, 1.54) is 10.4 Å². The number of hydrogen-bond acceptors (Lipinski definition) is 6. The van der Waals surface area contributed by atoms with Crippen molar-refractivity contribution in [2.24, 2.45) is 0 Å². The van der Waals surface area contributed by atoms with Gasteiger partial charge in [-0.15, -0.1) is 0 Å². The molecule has 9 heteroatoms. The van der Waals surface area contributed by atoms with E-state index in [-0.39, 0.29) is 10.8 Å². The van der Waals surface area contributed by atoms with Crippen LogP contribution in [0.4, 0.5) is 0 Å². The molecule has 0 saturated carbocycles. The van der Waals surface area contributed by atoms with E-state index < -0.39 is 10.0 Å². The van der Waals surface area contributed by atoms with Crippen LogP contribution in [0.25, 0.3) is 0 Å². The average molecular weight is 463 g/mol. The standard InChI is InChI=1S/C23H30N2O6S/c1-5-31-21-9-7-18(14-22(21)29-4)16-24(3)23(26)20-15-19(8-6-17(20)2)32(27,28)25-10-12-30-13-11-25/h6-9,14-15H,5,10-13,16H2,1-4H3. The highest BCUT2D eigenvalue weighted by Crippen LogP contribution is 2.29. The molecule has 1 fully saturated rings. The second kappa shape index (κ2) is 10.3. The van der Waals surface area contributed by atoms with Crippen molar-refractivity contribution in [2.75, 3.05) is 47.1 Å². The van der Waals surface area contributed by atoms with Crippen molar-refractivity contribution in [1.82, 2.24) is 9.21 Å². The monoisotopic (exact) mass is 462 g/mol. The summed E-state index contributed by atoms with van der Waals surface area (Å²) in [5.74, 6) is 0.985. The Hall–Kier alpha value is -2.62. The van der Waals surface area contributed by atoms with Gasteiger partial charge in [-0.3, -0.25) is 4.79 Å². The van der Waals surface area contributed by atoms with Crippen molar-refractivity contribution in [3.63, 3.8) is 0 Å². The second-order valence-electron chi connectivity index (χ2n) is 7.57. The Balaban J connectivity index is 1.82. The van der Waals surface area contributed by atoms with Gasteiger partial charge in [-0.2, -0.15) is 4.31 Å². The Kier molecular flexibility index (Phi) is 7.76. The molecule has 0 unspecified atom stereocenters. The van der Waals surface area contributed by atoms with Gasteiger partial charge in [0.25, 0.3) is 5.91 Å². The van der Waals surface area contributed by atoms with E-state index in [0.717, 1.165) is 5.56 Å². The number of methoxy groups -OCH3 is 1. The van der Waals surface area contributed by atoms with Crippen molar-refractivity contribution in [2.45, 2.75) is 25.3 Å². The highest BCUT2D eigenvalue weighted by molar-refractivity contribution is 7.89. The van der Waals surface area contributed by atoms with Crippen LogP contribution in [0.15, 0.2) is 41.3 Å². The molecule has 3 rings (SSSR count). The zero-order chi connectivity index (χ0) is 23.3. The summed E-state index contributed by atoms with van der Waals surface area (Å²) in [6.07, 6.45) is 0. The fraction of sp³-hybridized carbons (Fsp3) is 0.435. The normalized spacial score (nSPS) is 14.8. The Labute approximate surface area is 189 Å². The fourth-order valence-electron chi connectivity index (χ4n) is 3.56. The van der Waals surface area contributed by atoms with Crippen molar-refractivity contribution in [3.05, 3.63) is 53.1 Å². The zero-order valence-corrected chi connectivity index (χ0v) is 19.8. The number of sulfonamides is 1. The molecule has 8 nitrogen and oxygen atoms in total. The van der Waals surface area contributed by atoms with E-state index in [1.54, 1.807) is 38.1 Å². The molecule has 1 aliphatic heterocycles. The topological polar surface area (TPSA) is 85.4 Å². The first-order valence-electron chi connectivity index (χ1n) is 10.5. The summed E-state index contributed by atoms with van der Waals surface area (Å²) in [5, 5.41) is 0. The van der Waals surface area contributed by atoms with Gasteiger partial charge in [-0.25, -0.2) is 8.42 Å². The number of carbonyl (C=O) groups is 1. The molecule has 0 aromatic heterocycles. The number of carbonyl (C=O) groups excluding carboxylic acids is 1. The van der Waals surface area contributed by atoms with Gasteiger partial charge >= 0.3 is 0 Å². The number of nitrogens with zero attached hydrogens (tertiary/aromatic N) is 2. The third-order valence-electron chi connectivity index (χ3n) is 5.34. The van der Waals surface area contributed by atoms with Gasteiger partial charge < -0.3 is 19.1 Å². The lowest BCUT2D eigenvalue weighted by molar-refractivity contribution is 0.0730. The third-order valence-corrected chi connectivity index (χ3v) is 7.24. The van der Waals surface area contributed by atoms with E-state index in [2.05, 4.69) is 0 Å². The maximum absolute atomic E-state index is 13.2.